The van der Waals surface area contributed by atoms with Crippen LogP contribution in [0.15, 0.2) is 22.7 Å². The van der Waals surface area contributed by atoms with E-state index in [0.717, 1.165) is 17.5 Å². The predicted octanol–water partition coefficient (Wildman–Crippen LogP) is 3.22. The Morgan fingerprint density at radius 2 is 2.06 bits per heavy atom. The number of carbonyl (C=O) groups is 1. The molecule has 1 N–H and O–H groups in total. The molecule has 0 aliphatic carbocycles. The minimum Gasteiger partial charge on any atom is -0.475 e. The largest absolute Gasteiger partial charge is 0.475 e. The van der Waals surface area contributed by atoms with Crippen LogP contribution in [0.1, 0.15) is 34.2 Å². The average molecular weight is 245 g/mol. The van der Waals surface area contributed by atoms with Crippen LogP contribution in [0.3, 0.4) is 0 Å². The maximum atomic E-state index is 10.8. The normalized spacial score (nSPS) is 10.6. The van der Waals surface area contributed by atoms with E-state index in [0.29, 0.717) is 5.69 Å². The first-order valence-corrected chi connectivity index (χ1v) is 5.83. The third-order valence-electron chi connectivity index (χ3n) is 3.13. The average Bonchev–Trinajstić information content (AvgIpc) is 2.82. The topological polar surface area (TPSA) is 63.3 Å². The summed E-state index contributed by atoms with van der Waals surface area (Å²) in [5.74, 6) is -1.24. The number of aryl methyl sites for hydroxylation is 2. The van der Waals surface area contributed by atoms with Crippen LogP contribution in [0.4, 0.5) is 0 Å². The van der Waals surface area contributed by atoms with Crippen molar-refractivity contribution in [2.75, 3.05) is 0 Å². The summed E-state index contributed by atoms with van der Waals surface area (Å²) >= 11 is 0. The fourth-order valence-corrected chi connectivity index (χ4v) is 1.91. The zero-order chi connectivity index (χ0) is 13.3. The number of aromatic carboxylic acids is 1. The van der Waals surface area contributed by atoms with Crippen LogP contribution < -0.4 is 0 Å². The quantitative estimate of drug-likeness (QED) is 0.901. The minimum absolute atomic E-state index is 0.135. The highest BCUT2D eigenvalue weighted by Crippen LogP contribution is 2.27. The van der Waals surface area contributed by atoms with E-state index < -0.39 is 5.97 Å². The molecule has 0 aliphatic rings. The molecule has 0 amide bonds. The Morgan fingerprint density at radius 3 is 2.61 bits per heavy atom. The van der Waals surface area contributed by atoms with E-state index in [1.54, 1.807) is 0 Å². The van der Waals surface area contributed by atoms with Crippen LogP contribution in [0.5, 0.6) is 0 Å². The molecule has 2 aromatic rings. The zero-order valence-electron chi connectivity index (χ0n) is 10.7. The summed E-state index contributed by atoms with van der Waals surface area (Å²) in [5, 5.41) is 12.7. The summed E-state index contributed by atoms with van der Waals surface area (Å²) in [7, 11) is 0. The van der Waals surface area contributed by atoms with Crippen molar-refractivity contribution in [3.63, 3.8) is 0 Å². The highest BCUT2D eigenvalue weighted by atomic mass is 16.5. The molecule has 4 nitrogen and oxygen atoms in total. The number of rotatable bonds is 3. The lowest BCUT2D eigenvalue weighted by atomic mass is 9.96. The SMILES string of the molecule is CCc1cc(C)c(C)c(-c2cc(C(=O)O)on2)c1. The van der Waals surface area contributed by atoms with E-state index in [1.807, 2.05) is 19.9 Å². The van der Waals surface area contributed by atoms with Crippen molar-refractivity contribution in [3.8, 4) is 11.3 Å². The third kappa shape index (κ3) is 2.14. The maximum absolute atomic E-state index is 10.8. The molecule has 0 atom stereocenters. The lowest BCUT2D eigenvalue weighted by Crippen LogP contribution is -1.93. The third-order valence-corrected chi connectivity index (χ3v) is 3.13. The molecular weight excluding hydrogens is 230 g/mol. The minimum atomic E-state index is -1.10. The van der Waals surface area contributed by atoms with Crippen molar-refractivity contribution < 1.29 is 14.4 Å². The van der Waals surface area contributed by atoms with Gasteiger partial charge in [0.2, 0.25) is 5.76 Å². The van der Waals surface area contributed by atoms with Crippen LogP contribution >= 0.6 is 0 Å². The molecule has 0 saturated carbocycles. The molecule has 0 fully saturated rings. The van der Waals surface area contributed by atoms with Gasteiger partial charge in [-0.15, -0.1) is 0 Å². The molecule has 0 unspecified atom stereocenters. The molecule has 2 rings (SSSR count). The highest BCUT2D eigenvalue weighted by molar-refractivity contribution is 5.86. The van der Waals surface area contributed by atoms with E-state index >= 15 is 0 Å². The second-order valence-electron chi connectivity index (χ2n) is 4.32. The van der Waals surface area contributed by atoms with Crippen molar-refractivity contribution >= 4 is 5.97 Å². The number of aromatic nitrogens is 1. The van der Waals surface area contributed by atoms with E-state index in [-0.39, 0.29) is 5.76 Å². The Kier molecular flexibility index (Phi) is 3.19. The van der Waals surface area contributed by atoms with E-state index in [9.17, 15) is 4.79 Å². The van der Waals surface area contributed by atoms with Gasteiger partial charge in [0.25, 0.3) is 0 Å². The monoisotopic (exact) mass is 245 g/mol. The molecular formula is C14H15NO3. The smallest absolute Gasteiger partial charge is 0.374 e. The number of benzene rings is 1. The van der Waals surface area contributed by atoms with Gasteiger partial charge in [-0.25, -0.2) is 4.79 Å². The van der Waals surface area contributed by atoms with Gasteiger partial charge in [-0.3, -0.25) is 0 Å². The van der Waals surface area contributed by atoms with Gasteiger partial charge in [0.05, 0.1) is 0 Å². The summed E-state index contributed by atoms with van der Waals surface area (Å²) in [6.07, 6.45) is 0.928. The molecule has 0 saturated heterocycles. The van der Waals surface area contributed by atoms with Gasteiger partial charge < -0.3 is 9.63 Å². The Morgan fingerprint density at radius 1 is 1.33 bits per heavy atom. The highest BCUT2D eigenvalue weighted by Gasteiger charge is 2.15. The number of hydrogen-bond acceptors (Lipinski definition) is 3. The Hall–Kier alpha value is -2.10. The first-order valence-electron chi connectivity index (χ1n) is 5.83. The first kappa shape index (κ1) is 12.4. The summed E-state index contributed by atoms with van der Waals surface area (Å²) in [6.45, 7) is 6.12. The molecule has 0 spiro atoms. The molecule has 0 aliphatic heterocycles. The predicted molar refractivity (Wildman–Crippen MR) is 67.8 cm³/mol. The van der Waals surface area contributed by atoms with Crippen molar-refractivity contribution in [3.05, 3.63) is 40.6 Å². The van der Waals surface area contributed by atoms with Crippen molar-refractivity contribution in [2.45, 2.75) is 27.2 Å². The molecule has 0 bridgehead atoms. The van der Waals surface area contributed by atoms with Gasteiger partial charge in [0.1, 0.15) is 5.69 Å². The van der Waals surface area contributed by atoms with Gasteiger partial charge in [-0.2, -0.15) is 0 Å². The first-order chi connectivity index (χ1) is 8.52. The van der Waals surface area contributed by atoms with Crippen molar-refractivity contribution in [2.24, 2.45) is 0 Å². The van der Waals surface area contributed by atoms with Crippen LogP contribution in [0, 0.1) is 13.8 Å². The number of hydrogen-bond donors (Lipinski definition) is 1. The summed E-state index contributed by atoms with van der Waals surface area (Å²) < 4.78 is 4.80. The van der Waals surface area contributed by atoms with E-state index in [2.05, 4.69) is 18.1 Å². The van der Waals surface area contributed by atoms with Gasteiger partial charge in [0.15, 0.2) is 0 Å². The molecule has 1 heterocycles. The van der Waals surface area contributed by atoms with Gasteiger partial charge in [-0.1, -0.05) is 18.1 Å². The molecule has 18 heavy (non-hydrogen) atoms. The van der Waals surface area contributed by atoms with Crippen molar-refractivity contribution in [1.82, 2.24) is 5.16 Å². The Bertz CT molecular complexity index is 599. The number of nitrogens with zero attached hydrogens (tertiary/aromatic N) is 1. The van der Waals surface area contributed by atoms with Gasteiger partial charge in [0, 0.05) is 11.6 Å². The van der Waals surface area contributed by atoms with Crippen molar-refractivity contribution in [1.29, 1.82) is 0 Å². The lowest BCUT2D eigenvalue weighted by Gasteiger charge is -2.08. The molecule has 94 valence electrons. The van der Waals surface area contributed by atoms with E-state index in [1.165, 1.54) is 17.2 Å². The summed E-state index contributed by atoms with van der Waals surface area (Å²) in [6, 6.07) is 5.63. The van der Waals surface area contributed by atoms with E-state index in [4.69, 9.17) is 9.63 Å². The maximum Gasteiger partial charge on any atom is 0.374 e. The molecule has 1 aromatic heterocycles. The van der Waals surface area contributed by atoms with Crippen LogP contribution in [-0.2, 0) is 6.42 Å². The van der Waals surface area contributed by atoms with Gasteiger partial charge >= 0.3 is 5.97 Å². The van der Waals surface area contributed by atoms with Crippen LogP contribution in [-0.4, -0.2) is 16.2 Å². The number of carboxylic acid groups (broad SMARTS) is 1. The molecule has 1 aromatic carbocycles. The fourth-order valence-electron chi connectivity index (χ4n) is 1.91. The summed E-state index contributed by atoms with van der Waals surface area (Å²) in [5.41, 5.74) is 4.97. The second-order valence-corrected chi connectivity index (χ2v) is 4.32. The second kappa shape index (κ2) is 4.64. The number of carboxylic acids is 1. The fraction of sp³-hybridized carbons (Fsp3) is 0.286. The Labute approximate surface area is 105 Å². The summed E-state index contributed by atoms with van der Waals surface area (Å²) in [4.78, 5) is 10.8. The lowest BCUT2D eigenvalue weighted by molar-refractivity contribution is 0.0652. The zero-order valence-corrected chi connectivity index (χ0v) is 10.7. The van der Waals surface area contributed by atoms with Gasteiger partial charge in [-0.05, 0) is 43.0 Å². The molecule has 0 radical (unpaired) electrons. The standard InChI is InChI=1S/C14H15NO3/c1-4-10-5-8(2)9(3)11(6-10)12-7-13(14(16)17)18-15-12/h5-7H,4H2,1-3H3,(H,16,17). The molecule has 4 heteroatoms. The van der Waals surface area contributed by atoms with Crippen LogP contribution in [0.2, 0.25) is 0 Å². The van der Waals surface area contributed by atoms with Crippen LogP contribution in [0.25, 0.3) is 11.3 Å². The Balaban J connectivity index is 2.55.